The van der Waals surface area contributed by atoms with E-state index in [1.54, 1.807) is 5.56 Å². The fourth-order valence-electron chi connectivity index (χ4n) is 8.04. The number of nitrogens with zero attached hydrogens (tertiary/aromatic N) is 2. The number of hydrogen-bond acceptors (Lipinski definition) is 1. The van der Waals surface area contributed by atoms with Gasteiger partial charge in [0.15, 0.2) is 0 Å². The number of halogens is 1. The smallest absolute Gasteiger partial charge is 0.137 e. The van der Waals surface area contributed by atoms with E-state index in [2.05, 4.69) is 89.8 Å². The van der Waals surface area contributed by atoms with Gasteiger partial charge in [-0.3, -0.25) is 4.57 Å². The summed E-state index contributed by atoms with van der Waals surface area (Å²) in [6.07, 6.45) is 10.7. The average molecular weight is 514 g/mol. The first kappa shape index (κ1) is 21.2. The fraction of sp³-hybridized carbons (Fsp3) is 0.452. The predicted molar refractivity (Wildman–Crippen MR) is 145 cm³/mol. The van der Waals surface area contributed by atoms with Gasteiger partial charge in [-0.15, -0.1) is 0 Å². The van der Waals surface area contributed by atoms with E-state index in [1.165, 1.54) is 65.9 Å². The summed E-state index contributed by atoms with van der Waals surface area (Å²) in [4.78, 5) is 4.85. The van der Waals surface area contributed by atoms with E-state index in [1.807, 2.05) is 6.20 Å². The van der Waals surface area contributed by atoms with Crippen LogP contribution in [0, 0.1) is 17.8 Å². The van der Waals surface area contributed by atoms with Crippen molar-refractivity contribution in [3.05, 3.63) is 70.3 Å². The quantitative estimate of drug-likeness (QED) is 0.262. The monoisotopic (exact) mass is 512 g/mol. The molecule has 174 valence electrons. The molecule has 0 saturated heterocycles. The molecule has 4 saturated carbocycles. The number of hydrogen-bond donors (Lipinski definition) is 0. The molecule has 0 aliphatic heterocycles. The highest BCUT2D eigenvalue weighted by Crippen LogP contribution is 2.61. The van der Waals surface area contributed by atoms with E-state index < -0.39 is 0 Å². The van der Waals surface area contributed by atoms with E-state index in [4.69, 9.17) is 4.98 Å². The van der Waals surface area contributed by atoms with Crippen LogP contribution in [0.1, 0.15) is 70.4 Å². The molecule has 0 amide bonds. The number of pyridine rings is 1. The average Bonchev–Trinajstić information content (AvgIpc) is 3.10. The normalized spacial score (nSPS) is 28.3. The lowest BCUT2D eigenvalue weighted by Crippen LogP contribution is -2.48. The van der Waals surface area contributed by atoms with Gasteiger partial charge in [-0.2, -0.15) is 0 Å². The van der Waals surface area contributed by atoms with Crippen molar-refractivity contribution in [2.75, 3.05) is 0 Å². The van der Waals surface area contributed by atoms with Crippen molar-refractivity contribution in [1.29, 1.82) is 0 Å². The van der Waals surface area contributed by atoms with Crippen molar-refractivity contribution in [1.82, 2.24) is 9.55 Å². The van der Waals surface area contributed by atoms with E-state index in [0.29, 0.717) is 5.41 Å². The second-order valence-electron chi connectivity index (χ2n) is 12.6. The second kappa shape index (κ2) is 7.20. The molecule has 4 aliphatic rings. The van der Waals surface area contributed by atoms with Gasteiger partial charge in [0.1, 0.15) is 5.82 Å². The molecule has 0 radical (unpaired) electrons. The van der Waals surface area contributed by atoms with Crippen LogP contribution in [-0.4, -0.2) is 9.55 Å². The number of fused-ring (bicyclic) bond motifs is 3. The third-order valence-electron chi connectivity index (χ3n) is 9.22. The molecular weight excluding hydrogens is 480 g/mol. The minimum Gasteiger partial charge on any atom is -0.294 e. The summed E-state index contributed by atoms with van der Waals surface area (Å²) in [5, 5.41) is 2.70. The summed E-state index contributed by atoms with van der Waals surface area (Å²) >= 11 is 3.73. The van der Waals surface area contributed by atoms with Gasteiger partial charge in [0, 0.05) is 21.4 Å². The van der Waals surface area contributed by atoms with Gasteiger partial charge >= 0.3 is 0 Å². The molecule has 2 nitrogen and oxygen atoms in total. The molecule has 34 heavy (non-hydrogen) atoms. The summed E-state index contributed by atoms with van der Waals surface area (Å²) in [6, 6.07) is 18.6. The standard InChI is InChI=1S/C31H33BrN2/c1-30(2,3)22-8-9-33-29(14-22)34-27-7-4-23(13-26(27)25-6-5-24(32)15-28(25)34)31-16-19-10-20(17-31)12-21(11-19)18-31/h4-9,13-15,19-21H,10-12,16-18H2,1-3H3. The fourth-order valence-corrected chi connectivity index (χ4v) is 8.39. The van der Waals surface area contributed by atoms with Gasteiger partial charge in [0.2, 0.25) is 0 Å². The first-order chi connectivity index (χ1) is 16.3. The van der Waals surface area contributed by atoms with E-state index in [9.17, 15) is 0 Å². The Morgan fingerprint density at radius 2 is 1.53 bits per heavy atom. The molecule has 4 aromatic rings. The van der Waals surface area contributed by atoms with Gasteiger partial charge in [-0.05, 0) is 115 Å². The van der Waals surface area contributed by atoms with Gasteiger partial charge in [-0.25, -0.2) is 4.98 Å². The third kappa shape index (κ3) is 3.15. The second-order valence-corrected chi connectivity index (χ2v) is 13.5. The van der Waals surface area contributed by atoms with Crippen LogP contribution < -0.4 is 0 Å². The Labute approximate surface area is 210 Å². The van der Waals surface area contributed by atoms with Crippen molar-refractivity contribution in [3.8, 4) is 5.82 Å². The summed E-state index contributed by atoms with van der Waals surface area (Å²) in [5.41, 5.74) is 5.90. The highest BCUT2D eigenvalue weighted by molar-refractivity contribution is 9.10. The van der Waals surface area contributed by atoms with E-state index in [0.717, 1.165) is 28.0 Å². The predicted octanol–water partition coefficient (Wildman–Crippen LogP) is 8.71. The van der Waals surface area contributed by atoms with Crippen LogP contribution in [-0.2, 0) is 10.8 Å². The van der Waals surface area contributed by atoms with Crippen LogP contribution in [0.5, 0.6) is 0 Å². The van der Waals surface area contributed by atoms with Gasteiger partial charge in [0.05, 0.1) is 11.0 Å². The van der Waals surface area contributed by atoms with E-state index in [-0.39, 0.29) is 5.41 Å². The van der Waals surface area contributed by atoms with Gasteiger partial charge in [-0.1, -0.05) is 48.8 Å². The highest BCUT2D eigenvalue weighted by Gasteiger charge is 2.51. The topological polar surface area (TPSA) is 17.8 Å². The number of rotatable bonds is 2. The maximum absolute atomic E-state index is 4.85. The highest BCUT2D eigenvalue weighted by atomic mass is 79.9. The molecule has 3 heteroatoms. The lowest BCUT2D eigenvalue weighted by molar-refractivity contribution is -0.00512. The molecule has 2 heterocycles. The van der Waals surface area contributed by atoms with Crippen molar-refractivity contribution < 1.29 is 0 Å². The molecule has 0 N–H and O–H groups in total. The molecule has 0 atom stereocenters. The Hall–Kier alpha value is -2.13. The molecule has 0 spiro atoms. The van der Waals surface area contributed by atoms with Crippen LogP contribution in [0.25, 0.3) is 27.6 Å². The maximum Gasteiger partial charge on any atom is 0.137 e. The lowest BCUT2D eigenvalue weighted by Gasteiger charge is -2.57. The van der Waals surface area contributed by atoms with Crippen molar-refractivity contribution in [3.63, 3.8) is 0 Å². The first-order valence-electron chi connectivity index (χ1n) is 13.0. The molecule has 0 unspecified atom stereocenters. The molecule has 8 rings (SSSR count). The Morgan fingerprint density at radius 1 is 0.824 bits per heavy atom. The lowest BCUT2D eigenvalue weighted by atomic mass is 9.48. The molecular formula is C31H33BrN2. The minimum absolute atomic E-state index is 0.0860. The van der Waals surface area contributed by atoms with Crippen LogP contribution in [0.4, 0.5) is 0 Å². The molecule has 2 aromatic heterocycles. The van der Waals surface area contributed by atoms with E-state index >= 15 is 0 Å². The summed E-state index contributed by atoms with van der Waals surface area (Å²) < 4.78 is 3.48. The Kier molecular flexibility index (Phi) is 4.48. The van der Waals surface area contributed by atoms with Gasteiger partial charge < -0.3 is 0 Å². The Balaban J connectivity index is 1.45. The zero-order valence-electron chi connectivity index (χ0n) is 20.4. The van der Waals surface area contributed by atoms with Crippen LogP contribution >= 0.6 is 15.9 Å². The number of aromatic nitrogens is 2. The van der Waals surface area contributed by atoms with Crippen molar-refractivity contribution >= 4 is 37.7 Å². The summed E-state index contributed by atoms with van der Waals surface area (Å²) in [7, 11) is 0. The SMILES string of the molecule is CC(C)(C)c1ccnc(-n2c3ccc(C45CC6CC(CC(C6)C4)C5)cc3c3ccc(Br)cc32)c1. The molecule has 4 fully saturated rings. The zero-order valence-corrected chi connectivity index (χ0v) is 22.0. The van der Waals surface area contributed by atoms with Crippen molar-refractivity contribution in [2.24, 2.45) is 17.8 Å². The Bertz CT molecular complexity index is 1400. The Morgan fingerprint density at radius 3 is 2.21 bits per heavy atom. The zero-order chi connectivity index (χ0) is 23.2. The van der Waals surface area contributed by atoms with Crippen LogP contribution in [0.2, 0.25) is 0 Å². The molecule has 4 bridgehead atoms. The van der Waals surface area contributed by atoms with Crippen LogP contribution in [0.3, 0.4) is 0 Å². The maximum atomic E-state index is 4.85. The summed E-state index contributed by atoms with van der Waals surface area (Å²) in [5.74, 6) is 3.89. The third-order valence-corrected chi connectivity index (χ3v) is 9.71. The molecule has 4 aliphatic carbocycles. The minimum atomic E-state index is 0.0860. The van der Waals surface area contributed by atoms with Crippen LogP contribution in [0.15, 0.2) is 59.2 Å². The van der Waals surface area contributed by atoms with Crippen molar-refractivity contribution in [2.45, 2.75) is 70.1 Å². The summed E-state index contributed by atoms with van der Waals surface area (Å²) in [6.45, 7) is 6.81. The number of benzene rings is 2. The largest absolute Gasteiger partial charge is 0.294 e. The first-order valence-corrected chi connectivity index (χ1v) is 13.8. The van der Waals surface area contributed by atoms with Gasteiger partial charge in [0.25, 0.3) is 0 Å². The molecule has 2 aromatic carbocycles.